The molecular weight excluding hydrogens is 245 g/mol. The second-order valence-electron chi connectivity index (χ2n) is 3.71. The zero-order valence-electron chi connectivity index (χ0n) is 9.19. The Morgan fingerprint density at radius 3 is 2.44 bits per heavy atom. The molecule has 0 aliphatic heterocycles. The first kappa shape index (κ1) is 12.3. The molecule has 0 spiro atoms. The fourth-order valence-corrected chi connectivity index (χ4v) is 1.55. The van der Waals surface area contributed by atoms with Crippen molar-refractivity contribution in [3.63, 3.8) is 0 Å². The van der Waals surface area contributed by atoms with Crippen LogP contribution >= 0.6 is 0 Å². The average Bonchev–Trinajstić information content (AvgIpc) is 2.73. The van der Waals surface area contributed by atoms with E-state index >= 15 is 0 Å². The van der Waals surface area contributed by atoms with Crippen molar-refractivity contribution >= 4 is 6.29 Å². The molecule has 0 amide bonds. The van der Waals surface area contributed by atoms with Gasteiger partial charge in [0.15, 0.2) is 12.0 Å². The highest BCUT2D eigenvalue weighted by Gasteiger charge is 2.34. The van der Waals surface area contributed by atoms with E-state index in [1.54, 1.807) is 30.3 Å². The van der Waals surface area contributed by atoms with Gasteiger partial charge in [-0.2, -0.15) is 18.3 Å². The first-order valence-electron chi connectivity index (χ1n) is 5.15. The number of rotatable bonds is 3. The second-order valence-corrected chi connectivity index (χ2v) is 3.71. The van der Waals surface area contributed by atoms with Crippen LogP contribution in [0.25, 0.3) is 0 Å². The number of aromatic nitrogens is 2. The predicted octanol–water partition coefficient (Wildman–Crippen LogP) is 2.76. The number of hydrogen-bond donors (Lipinski definition) is 0. The van der Waals surface area contributed by atoms with Crippen LogP contribution in [0.5, 0.6) is 0 Å². The second kappa shape index (κ2) is 4.64. The zero-order valence-corrected chi connectivity index (χ0v) is 9.19. The van der Waals surface area contributed by atoms with Gasteiger partial charge in [0.05, 0.1) is 6.54 Å². The molecule has 0 radical (unpaired) electrons. The van der Waals surface area contributed by atoms with Crippen molar-refractivity contribution in [2.75, 3.05) is 0 Å². The van der Waals surface area contributed by atoms with Crippen molar-refractivity contribution in [2.45, 2.75) is 12.7 Å². The van der Waals surface area contributed by atoms with Crippen LogP contribution in [0.4, 0.5) is 13.2 Å². The lowest BCUT2D eigenvalue weighted by molar-refractivity contribution is -0.141. The van der Waals surface area contributed by atoms with E-state index in [0.29, 0.717) is 6.29 Å². The van der Waals surface area contributed by atoms with E-state index in [9.17, 15) is 18.0 Å². The van der Waals surface area contributed by atoms with Gasteiger partial charge in [0, 0.05) is 0 Å². The highest BCUT2D eigenvalue weighted by atomic mass is 19.4. The van der Waals surface area contributed by atoms with Gasteiger partial charge in [0.1, 0.15) is 5.69 Å². The van der Waals surface area contributed by atoms with Crippen molar-refractivity contribution in [1.29, 1.82) is 0 Å². The molecule has 18 heavy (non-hydrogen) atoms. The summed E-state index contributed by atoms with van der Waals surface area (Å²) in [4.78, 5) is 10.7. The van der Waals surface area contributed by atoms with Crippen LogP contribution in [0.2, 0.25) is 0 Å². The topological polar surface area (TPSA) is 34.9 Å². The molecule has 0 N–H and O–H groups in total. The molecular formula is C12H9F3N2O. The average molecular weight is 254 g/mol. The van der Waals surface area contributed by atoms with Gasteiger partial charge in [0.25, 0.3) is 0 Å². The minimum atomic E-state index is -4.54. The van der Waals surface area contributed by atoms with Gasteiger partial charge in [-0.05, 0) is 11.6 Å². The third kappa shape index (κ3) is 2.58. The SMILES string of the molecule is O=Cc1cc(C(F)(F)F)nn1Cc1ccccc1. The molecule has 94 valence electrons. The number of nitrogens with zero attached hydrogens (tertiary/aromatic N) is 2. The van der Waals surface area contributed by atoms with Crippen molar-refractivity contribution in [3.8, 4) is 0 Å². The Labute approximate surface area is 101 Å². The van der Waals surface area contributed by atoms with E-state index < -0.39 is 11.9 Å². The van der Waals surface area contributed by atoms with Crippen LogP contribution in [0.3, 0.4) is 0 Å². The van der Waals surface area contributed by atoms with Gasteiger partial charge < -0.3 is 0 Å². The minimum absolute atomic E-state index is 0.0915. The van der Waals surface area contributed by atoms with Gasteiger partial charge in [-0.3, -0.25) is 9.48 Å². The molecule has 0 unspecified atom stereocenters. The number of hydrogen-bond acceptors (Lipinski definition) is 2. The smallest absolute Gasteiger partial charge is 0.296 e. The standard InChI is InChI=1S/C12H9F3N2O/c13-12(14,15)11-6-10(8-18)17(16-11)7-9-4-2-1-3-5-9/h1-6,8H,7H2. The van der Waals surface area contributed by atoms with Crippen molar-refractivity contribution < 1.29 is 18.0 Å². The van der Waals surface area contributed by atoms with E-state index in [1.165, 1.54) is 0 Å². The number of carbonyl (C=O) groups is 1. The zero-order chi connectivity index (χ0) is 13.2. The van der Waals surface area contributed by atoms with E-state index in [1.807, 2.05) is 0 Å². The van der Waals surface area contributed by atoms with Crippen LogP contribution in [-0.2, 0) is 12.7 Å². The third-order valence-corrected chi connectivity index (χ3v) is 2.40. The summed E-state index contributed by atoms with van der Waals surface area (Å²) in [6, 6.07) is 9.59. The molecule has 1 aromatic carbocycles. The molecule has 0 bridgehead atoms. The number of halogens is 3. The van der Waals surface area contributed by atoms with Crippen molar-refractivity contribution in [3.05, 3.63) is 53.3 Å². The maximum Gasteiger partial charge on any atom is 0.435 e. The largest absolute Gasteiger partial charge is 0.435 e. The van der Waals surface area contributed by atoms with Gasteiger partial charge >= 0.3 is 6.18 Å². The molecule has 0 aliphatic carbocycles. The monoisotopic (exact) mass is 254 g/mol. The molecule has 2 aromatic rings. The number of alkyl halides is 3. The predicted molar refractivity (Wildman–Crippen MR) is 58.2 cm³/mol. The Balaban J connectivity index is 2.33. The van der Waals surface area contributed by atoms with E-state index in [0.717, 1.165) is 16.3 Å². The third-order valence-electron chi connectivity index (χ3n) is 2.40. The molecule has 0 aliphatic rings. The van der Waals surface area contributed by atoms with Crippen molar-refractivity contribution in [2.24, 2.45) is 0 Å². The summed E-state index contributed by atoms with van der Waals surface area (Å²) in [5.74, 6) is 0. The molecule has 1 heterocycles. The molecule has 0 fully saturated rings. The highest BCUT2D eigenvalue weighted by molar-refractivity contribution is 5.72. The first-order valence-corrected chi connectivity index (χ1v) is 5.15. The molecule has 6 heteroatoms. The number of benzene rings is 1. The van der Waals surface area contributed by atoms with Crippen LogP contribution in [-0.4, -0.2) is 16.1 Å². The van der Waals surface area contributed by atoms with E-state index in [-0.39, 0.29) is 12.2 Å². The van der Waals surface area contributed by atoms with Crippen LogP contribution < -0.4 is 0 Å². The fourth-order valence-electron chi connectivity index (χ4n) is 1.55. The summed E-state index contributed by atoms with van der Waals surface area (Å²) in [6.45, 7) is 0.130. The first-order chi connectivity index (χ1) is 8.50. The summed E-state index contributed by atoms with van der Waals surface area (Å²) in [7, 11) is 0. The fraction of sp³-hybridized carbons (Fsp3) is 0.167. The lowest BCUT2D eigenvalue weighted by Gasteiger charge is -2.04. The van der Waals surface area contributed by atoms with Gasteiger partial charge in [0.2, 0.25) is 0 Å². The normalized spacial score (nSPS) is 11.5. The lowest BCUT2D eigenvalue weighted by Crippen LogP contribution is -2.09. The molecule has 0 saturated carbocycles. The van der Waals surface area contributed by atoms with Crippen LogP contribution in [0.1, 0.15) is 21.7 Å². The summed E-state index contributed by atoms with van der Waals surface area (Å²) < 4.78 is 38.4. The van der Waals surface area contributed by atoms with Gasteiger partial charge in [-0.25, -0.2) is 0 Å². The summed E-state index contributed by atoms with van der Waals surface area (Å²) >= 11 is 0. The molecule has 2 rings (SSSR count). The van der Waals surface area contributed by atoms with E-state index in [2.05, 4.69) is 5.10 Å². The van der Waals surface area contributed by atoms with Crippen LogP contribution in [0, 0.1) is 0 Å². The van der Waals surface area contributed by atoms with E-state index in [4.69, 9.17) is 0 Å². The summed E-state index contributed by atoms with van der Waals surface area (Å²) in [5.41, 5.74) is -0.371. The number of carbonyl (C=O) groups excluding carboxylic acids is 1. The molecule has 3 nitrogen and oxygen atoms in total. The Kier molecular flexibility index (Phi) is 3.18. The lowest BCUT2D eigenvalue weighted by atomic mass is 10.2. The summed E-state index contributed by atoms with van der Waals surface area (Å²) in [6.07, 6.45) is -4.18. The summed E-state index contributed by atoms with van der Waals surface area (Å²) in [5, 5.41) is 3.41. The maximum atomic E-state index is 12.5. The Bertz CT molecular complexity index is 546. The van der Waals surface area contributed by atoms with Crippen LogP contribution in [0.15, 0.2) is 36.4 Å². The number of aldehydes is 1. The minimum Gasteiger partial charge on any atom is -0.296 e. The van der Waals surface area contributed by atoms with Gasteiger partial charge in [-0.15, -0.1) is 0 Å². The Morgan fingerprint density at radius 1 is 1.22 bits per heavy atom. The van der Waals surface area contributed by atoms with Gasteiger partial charge in [-0.1, -0.05) is 30.3 Å². The maximum absolute atomic E-state index is 12.5. The Hall–Kier alpha value is -2.11. The Morgan fingerprint density at radius 2 is 1.89 bits per heavy atom. The molecule has 1 aromatic heterocycles. The van der Waals surface area contributed by atoms with Crippen molar-refractivity contribution in [1.82, 2.24) is 9.78 Å². The quantitative estimate of drug-likeness (QED) is 0.789. The molecule has 0 saturated heterocycles. The molecule has 0 atom stereocenters. The highest BCUT2D eigenvalue weighted by Crippen LogP contribution is 2.28.